The van der Waals surface area contributed by atoms with Gasteiger partial charge in [-0.1, -0.05) is 13.8 Å². The Kier molecular flexibility index (Phi) is 3.02. The summed E-state index contributed by atoms with van der Waals surface area (Å²) in [7, 11) is 0. The summed E-state index contributed by atoms with van der Waals surface area (Å²) >= 11 is 1.76. The third-order valence-corrected chi connectivity index (χ3v) is 5.56. The molecule has 0 atom stereocenters. The molecule has 1 spiro atoms. The molecule has 1 aliphatic carbocycles. The van der Waals surface area contributed by atoms with Crippen molar-refractivity contribution in [2.75, 3.05) is 13.1 Å². The predicted molar refractivity (Wildman–Crippen MR) is 73.4 cm³/mol. The van der Waals surface area contributed by atoms with Gasteiger partial charge < -0.3 is 5.32 Å². The summed E-state index contributed by atoms with van der Waals surface area (Å²) in [6.45, 7) is 6.40. The lowest BCUT2D eigenvalue weighted by Gasteiger charge is -2.39. The summed E-state index contributed by atoms with van der Waals surface area (Å²) in [5.74, 6) is 0.707. The van der Waals surface area contributed by atoms with Crippen molar-refractivity contribution in [3.8, 4) is 0 Å². The number of nitrogens with zero attached hydrogens (tertiary/aromatic N) is 1. The highest BCUT2D eigenvalue weighted by atomic mass is 32.1. The van der Waals surface area contributed by atoms with Crippen LogP contribution in [0.25, 0.3) is 0 Å². The largest absolute Gasteiger partial charge is 0.317 e. The first kappa shape index (κ1) is 12.3. The molecule has 0 bridgehead atoms. The maximum atomic E-state index is 12.3. The van der Waals surface area contributed by atoms with Gasteiger partial charge in [0, 0.05) is 17.2 Å². The molecule has 0 unspecified atom stereocenters. The first-order valence-corrected chi connectivity index (χ1v) is 7.65. The van der Waals surface area contributed by atoms with Crippen molar-refractivity contribution in [2.24, 2.45) is 5.41 Å². The van der Waals surface area contributed by atoms with E-state index in [1.807, 2.05) is 0 Å². The highest BCUT2D eigenvalue weighted by Crippen LogP contribution is 2.44. The summed E-state index contributed by atoms with van der Waals surface area (Å²) < 4.78 is 0. The number of nitrogens with one attached hydrogen (secondary N) is 1. The lowest BCUT2D eigenvalue weighted by atomic mass is 9.69. The molecular formula is C14H20N2OS. The topological polar surface area (TPSA) is 42.0 Å². The van der Waals surface area contributed by atoms with Crippen LogP contribution in [-0.4, -0.2) is 23.9 Å². The maximum Gasteiger partial charge on any atom is 0.182 e. The monoisotopic (exact) mass is 264 g/mol. The Morgan fingerprint density at radius 2 is 2.00 bits per heavy atom. The van der Waals surface area contributed by atoms with Crippen molar-refractivity contribution >= 4 is 17.1 Å². The molecule has 0 saturated carbocycles. The van der Waals surface area contributed by atoms with Crippen molar-refractivity contribution in [3.05, 3.63) is 15.6 Å². The molecule has 98 valence electrons. The summed E-state index contributed by atoms with van der Waals surface area (Å²) in [6.07, 6.45) is 4.04. The van der Waals surface area contributed by atoms with Crippen LogP contribution in [0.3, 0.4) is 0 Å². The average molecular weight is 264 g/mol. The highest BCUT2D eigenvalue weighted by Gasteiger charge is 2.41. The second-order valence-corrected chi connectivity index (χ2v) is 7.12. The number of ketones is 1. The smallest absolute Gasteiger partial charge is 0.182 e. The molecule has 2 aliphatic rings. The summed E-state index contributed by atoms with van der Waals surface area (Å²) in [6, 6.07) is 0. The van der Waals surface area contributed by atoms with Gasteiger partial charge in [0.05, 0.1) is 5.01 Å². The quantitative estimate of drug-likeness (QED) is 0.848. The average Bonchev–Trinajstić information content (AvgIpc) is 2.74. The number of aromatic nitrogens is 1. The molecule has 1 fully saturated rings. The zero-order chi connectivity index (χ0) is 12.8. The Balaban J connectivity index is 1.93. The third-order valence-electron chi connectivity index (χ3n) is 4.21. The van der Waals surface area contributed by atoms with Crippen LogP contribution in [0.2, 0.25) is 0 Å². The lowest BCUT2D eigenvalue weighted by molar-refractivity contribution is 0.0833. The molecule has 4 heteroatoms. The van der Waals surface area contributed by atoms with E-state index in [-0.39, 0.29) is 11.2 Å². The summed E-state index contributed by atoms with van der Waals surface area (Å²) in [5, 5.41) is 4.52. The molecule has 0 aromatic carbocycles. The van der Waals surface area contributed by atoms with Gasteiger partial charge in [-0.25, -0.2) is 4.98 Å². The predicted octanol–water partition coefficient (Wildman–Crippen LogP) is 2.77. The molecule has 0 amide bonds. The van der Waals surface area contributed by atoms with Crippen LogP contribution in [0.15, 0.2) is 0 Å². The minimum Gasteiger partial charge on any atom is -0.317 e. The van der Waals surface area contributed by atoms with Gasteiger partial charge in [-0.2, -0.15) is 0 Å². The molecular weight excluding hydrogens is 244 g/mol. The molecule has 1 aliphatic heterocycles. The highest BCUT2D eigenvalue weighted by molar-refractivity contribution is 7.12. The van der Waals surface area contributed by atoms with Gasteiger partial charge in [0.25, 0.3) is 0 Å². The number of Topliss-reactive ketones (excluding diaryl/α,β-unsaturated/α-hetero) is 1. The lowest BCUT2D eigenvalue weighted by Crippen LogP contribution is -2.41. The van der Waals surface area contributed by atoms with Gasteiger partial charge in [0.2, 0.25) is 0 Å². The maximum absolute atomic E-state index is 12.3. The molecule has 1 aromatic rings. The Morgan fingerprint density at radius 3 is 2.67 bits per heavy atom. The minimum absolute atomic E-state index is 0.232. The normalized spacial score (nSPS) is 22.5. The van der Waals surface area contributed by atoms with Crippen molar-refractivity contribution in [2.45, 2.75) is 45.4 Å². The molecule has 3 rings (SSSR count). The van der Waals surface area contributed by atoms with Crippen LogP contribution in [0.1, 0.15) is 59.4 Å². The number of rotatable bonds is 1. The molecule has 1 N–H and O–H groups in total. The number of hydrogen-bond acceptors (Lipinski definition) is 4. The number of carbonyl (C=O) groups excluding carboxylic acids is 1. The molecule has 18 heavy (non-hydrogen) atoms. The Bertz CT molecular complexity index is 472. The summed E-state index contributed by atoms with van der Waals surface area (Å²) in [5.41, 5.74) is 1.02. The van der Waals surface area contributed by atoms with E-state index in [9.17, 15) is 4.79 Å². The molecule has 0 radical (unpaired) electrons. The minimum atomic E-state index is 0.232. The van der Waals surface area contributed by atoms with Crippen LogP contribution in [0, 0.1) is 5.41 Å². The second kappa shape index (κ2) is 4.42. The number of hydrogen-bond donors (Lipinski definition) is 1. The van der Waals surface area contributed by atoms with Gasteiger partial charge in [0.1, 0.15) is 5.69 Å². The van der Waals surface area contributed by atoms with Crippen LogP contribution < -0.4 is 5.32 Å². The van der Waals surface area contributed by atoms with Crippen LogP contribution in [0.4, 0.5) is 0 Å². The van der Waals surface area contributed by atoms with E-state index in [1.165, 1.54) is 4.88 Å². The van der Waals surface area contributed by atoms with Crippen molar-refractivity contribution in [1.82, 2.24) is 10.3 Å². The van der Waals surface area contributed by atoms with Crippen LogP contribution >= 0.6 is 11.3 Å². The summed E-state index contributed by atoms with van der Waals surface area (Å²) in [4.78, 5) is 18.1. The molecule has 2 heterocycles. The molecule has 1 saturated heterocycles. The zero-order valence-corrected chi connectivity index (χ0v) is 11.9. The number of piperidine rings is 1. The van der Waals surface area contributed by atoms with Crippen molar-refractivity contribution in [3.63, 3.8) is 0 Å². The fourth-order valence-electron chi connectivity index (χ4n) is 3.09. The van der Waals surface area contributed by atoms with Crippen molar-refractivity contribution < 1.29 is 4.79 Å². The first-order valence-electron chi connectivity index (χ1n) is 6.83. The van der Waals surface area contributed by atoms with E-state index >= 15 is 0 Å². The Labute approximate surface area is 112 Å². The van der Waals surface area contributed by atoms with E-state index in [2.05, 4.69) is 24.1 Å². The Morgan fingerprint density at radius 1 is 1.28 bits per heavy atom. The van der Waals surface area contributed by atoms with Gasteiger partial charge in [-0.05, 0) is 37.8 Å². The molecule has 3 nitrogen and oxygen atoms in total. The van der Waals surface area contributed by atoms with Crippen LogP contribution in [-0.2, 0) is 6.42 Å². The van der Waals surface area contributed by atoms with E-state index in [0.29, 0.717) is 12.3 Å². The second-order valence-electron chi connectivity index (χ2n) is 6.01. The fourth-order valence-corrected chi connectivity index (χ4v) is 4.35. The van der Waals surface area contributed by atoms with Gasteiger partial charge >= 0.3 is 0 Å². The van der Waals surface area contributed by atoms with E-state index < -0.39 is 0 Å². The van der Waals surface area contributed by atoms with Crippen molar-refractivity contribution in [1.29, 1.82) is 0 Å². The molecule has 1 aromatic heterocycles. The van der Waals surface area contributed by atoms with Gasteiger partial charge in [-0.15, -0.1) is 11.3 Å². The van der Waals surface area contributed by atoms with Gasteiger partial charge in [0.15, 0.2) is 5.78 Å². The van der Waals surface area contributed by atoms with E-state index in [0.717, 1.165) is 43.1 Å². The van der Waals surface area contributed by atoms with Crippen LogP contribution in [0.5, 0.6) is 0 Å². The van der Waals surface area contributed by atoms with Gasteiger partial charge in [-0.3, -0.25) is 4.79 Å². The fraction of sp³-hybridized carbons (Fsp3) is 0.714. The Hall–Kier alpha value is -0.740. The third kappa shape index (κ3) is 2.01. The zero-order valence-electron chi connectivity index (χ0n) is 11.1. The number of fused-ring (bicyclic) bond motifs is 1. The SMILES string of the molecule is CC(C)c1nc2c(s1)CC1(CCNCC1)CC2=O. The standard InChI is InChI=1S/C14H20N2OS/c1-9(2)13-16-12-10(17)7-14(8-11(12)18-13)3-5-15-6-4-14/h9,15H,3-8H2,1-2H3. The van der Waals surface area contributed by atoms with E-state index in [1.54, 1.807) is 11.3 Å². The first-order chi connectivity index (χ1) is 8.60. The number of thiazole rings is 1. The van der Waals surface area contributed by atoms with E-state index in [4.69, 9.17) is 0 Å². The number of carbonyl (C=O) groups is 1.